The second-order valence-corrected chi connectivity index (χ2v) is 10.3. The summed E-state index contributed by atoms with van der Waals surface area (Å²) in [6.07, 6.45) is 4.29. The van der Waals surface area contributed by atoms with Gasteiger partial charge in [-0.05, 0) is 37.8 Å². The van der Waals surface area contributed by atoms with Crippen LogP contribution in [0.3, 0.4) is 0 Å². The molecule has 1 aromatic carbocycles. The summed E-state index contributed by atoms with van der Waals surface area (Å²) in [6.45, 7) is 3.02. The van der Waals surface area contributed by atoms with Crippen molar-refractivity contribution in [2.45, 2.75) is 49.1 Å². The zero-order chi connectivity index (χ0) is 21.1. The lowest BCUT2D eigenvalue weighted by atomic mass is 10.0. The van der Waals surface area contributed by atoms with Crippen molar-refractivity contribution in [1.82, 2.24) is 19.4 Å². The van der Waals surface area contributed by atoms with Gasteiger partial charge >= 0.3 is 0 Å². The van der Waals surface area contributed by atoms with Gasteiger partial charge in [0.15, 0.2) is 0 Å². The summed E-state index contributed by atoms with van der Waals surface area (Å²) in [7, 11) is -3.70. The lowest BCUT2D eigenvalue weighted by Gasteiger charge is -2.40. The summed E-state index contributed by atoms with van der Waals surface area (Å²) < 4.78 is 27.7. The van der Waals surface area contributed by atoms with Crippen LogP contribution in [0, 0.1) is 0 Å². The molecule has 1 aliphatic carbocycles. The average molecular weight is 435 g/mol. The number of amides is 2. The summed E-state index contributed by atoms with van der Waals surface area (Å²) >= 11 is 0. The minimum Gasteiger partial charge on any atom is -0.352 e. The van der Waals surface area contributed by atoms with Gasteiger partial charge in [0.05, 0.1) is 11.4 Å². The van der Waals surface area contributed by atoms with Crippen LogP contribution in [0.5, 0.6) is 0 Å². The number of sulfonamides is 1. The molecule has 2 amide bonds. The van der Waals surface area contributed by atoms with Crippen LogP contribution in [0.25, 0.3) is 0 Å². The van der Waals surface area contributed by atoms with Gasteiger partial charge < -0.3 is 10.2 Å². The number of carbonyl (C=O) groups is 2. The fourth-order valence-corrected chi connectivity index (χ4v) is 5.88. The molecule has 3 aliphatic rings. The third-order valence-corrected chi connectivity index (χ3v) is 8.00. The monoisotopic (exact) mass is 434 g/mol. The molecular weight excluding hydrogens is 404 g/mol. The van der Waals surface area contributed by atoms with E-state index in [1.54, 1.807) is 35.2 Å². The van der Waals surface area contributed by atoms with Crippen molar-refractivity contribution in [3.05, 3.63) is 30.3 Å². The topological polar surface area (TPSA) is 90.0 Å². The lowest BCUT2D eigenvalue weighted by Crippen LogP contribution is -2.57. The molecule has 1 unspecified atom stereocenters. The van der Waals surface area contributed by atoms with Crippen LogP contribution in [0.4, 0.5) is 0 Å². The first-order valence-electron chi connectivity index (χ1n) is 10.8. The number of hydrogen-bond donors (Lipinski definition) is 1. The fourth-order valence-electron chi connectivity index (χ4n) is 4.21. The molecule has 3 fully saturated rings. The number of nitrogens with zero attached hydrogens (tertiary/aromatic N) is 3. The van der Waals surface area contributed by atoms with E-state index in [0.717, 1.165) is 25.7 Å². The van der Waals surface area contributed by atoms with E-state index in [0.29, 0.717) is 51.7 Å². The SMILES string of the molecule is O=C(CN1CCN(C(=O)C2CCCCN2S(=O)(=O)c2ccccc2)CC1)NC1CC1. The molecule has 30 heavy (non-hydrogen) atoms. The number of carbonyl (C=O) groups excluding carboxylic acids is 2. The highest BCUT2D eigenvalue weighted by molar-refractivity contribution is 7.89. The number of rotatable bonds is 6. The summed E-state index contributed by atoms with van der Waals surface area (Å²) in [5, 5.41) is 2.99. The molecule has 8 nitrogen and oxygen atoms in total. The van der Waals surface area contributed by atoms with E-state index in [2.05, 4.69) is 10.2 Å². The van der Waals surface area contributed by atoms with Crippen molar-refractivity contribution < 1.29 is 18.0 Å². The molecule has 0 aromatic heterocycles. The Kier molecular flexibility index (Phi) is 6.40. The van der Waals surface area contributed by atoms with E-state index in [4.69, 9.17) is 0 Å². The number of benzene rings is 1. The molecule has 0 spiro atoms. The zero-order valence-electron chi connectivity index (χ0n) is 17.2. The van der Waals surface area contributed by atoms with Gasteiger partial charge in [0.1, 0.15) is 6.04 Å². The van der Waals surface area contributed by atoms with E-state index >= 15 is 0 Å². The van der Waals surface area contributed by atoms with Gasteiger partial charge in [-0.1, -0.05) is 24.6 Å². The fraction of sp³-hybridized carbons (Fsp3) is 0.619. The van der Waals surface area contributed by atoms with E-state index in [9.17, 15) is 18.0 Å². The Morgan fingerprint density at radius 1 is 0.933 bits per heavy atom. The Bertz CT molecular complexity index is 864. The van der Waals surface area contributed by atoms with Crippen molar-refractivity contribution in [3.63, 3.8) is 0 Å². The van der Waals surface area contributed by atoms with Crippen molar-refractivity contribution in [3.8, 4) is 0 Å². The smallest absolute Gasteiger partial charge is 0.243 e. The number of nitrogens with one attached hydrogen (secondary N) is 1. The average Bonchev–Trinajstić information content (AvgIpc) is 3.58. The summed E-state index contributed by atoms with van der Waals surface area (Å²) in [6, 6.07) is 8.05. The number of piperidine rings is 1. The molecule has 2 aliphatic heterocycles. The largest absolute Gasteiger partial charge is 0.352 e. The molecule has 1 saturated carbocycles. The van der Waals surface area contributed by atoms with Gasteiger partial charge in [-0.2, -0.15) is 4.31 Å². The summed E-state index contributed by atoms with van der Waals surface area (Å²) in [5.41, 5.74) is 0. The minimum absolute atomic E-state index is 0.0460. The van der Waals surface area contributed by atoms with Gasteiger partial charge in [-0.25, -0.2) is 8.42 Å². The number of piperazine rings is 1. The molecule has 1 aromatic rings. The molecule has 164 valence electrons. The van der Waals surface area contributed by atoms with Crippen LogP contribution in [0.1, 0.15) is 32.1 Å². The standard InChI is InChI=1S/C21H30N4O4S/c26-20(22-17-9-10-17)16-23-12-14-24(15-13-23)21(27)19-8-4-5-11-25(19)30(28,29)18-6-2-1-3-7-18/h1-3,6-7,17,19H,4-5,8-16H2,(H,22,26). The Hall–Kier alpha value is -1.97. The summed E-state index contributed by atoms with van der Waals surface area (Å²) in [4.78, 5) is 29.3. The van der Waals surface area contributed by atoms with E-state index in [1.807, 2.05) is 0 Å². The zero-order valence-corrected chi connectivity index (χ0v) is 18.0. The van der Waals surface area contributed by atoms with Crippen LogP contribution in [0.2, 0.25) is 0 Å². The van der Waals surface area contributed by atoms with Crippen LogP contribution < -0.4 is 5.32 Å². The predicted molar refractivity (Wildman–Crippen MR) is 112 cm³/mol. The van der Waals surface area contributed by atoms with Crippen LogP contribution >= 0.6 is 0 Å². The molecule has 1 N–H and O–H groups in total. The maximum absolute atomic E-state index is 13.2. The third kappa shape index (κ3) is 4.84. The first-order chi connectivity index (χ1) is 14.4. The predicted octanol–water partition coefficient (Wildman–Crippen LogP) is 0.653. The molecule has 2 saturated heterocycles. The maximum atomic E-state index is 13.2. The van der Waals surface area contributed by atoms with Gasteiger partial charge in [-0.15, -0.1) is 0 Å². The molecule has 0 bridgehead atoms. The number of hydrogen-bond acceptors (Lipinski definition) is 5. The second kappa shape index (κ2) is 9.03. The van der Waals surface area contributed by atoms with E-state index in [1.165, 1.54) is 4.31 Å². The van der Waals surface area contributed by atoms with Crippen molar-refractivity contribution in [2.24, 2.45) is 0 Å². The van der Waals surface area contributed by atoms with Crippen LogP contribution in [0.15, 0.2) is 35.2 Å². The van der Waals surface area contributed by atoms with Gasteiger partial charge in [0.25, 0.3) is 0 Å². The third-order valence-electron chi connectivity index (χ3n) is 6.08. The molecule has 1 atom stereocenters. The first kappa shape index (κ1) is 21.3. The van der Waals surface area contributed by atoms with Crippen molar-refractivity contribution in [1.29, 1.82) is 0 Å². The van der Waals surface area contributed by atoms with E-state index < -0.39 is 16.1 Å². The highest BCUT2D eigenvalue weighted by Gasteiger charge is 2.40. The Labute approximate surface area is 178 Å². The molecule has 9 heteroatoms. The maximum Gasteiger partial charge on any atom is 0.243 e. The van der Waals surface area contributed by atoms with E-state index in [-0.39, 0.29) is 16.7 Å². The van der Waals surface area contributed by atoms with Crippen molar-refractivity contribution in [2.75, 3.05) is 39.3 Å². The molecule has 0 radical (unpaired) electrons. The van der Waals surface area contributed by atoms with Crippen LogP contribution in [-0.2, 0) is 19.6 Å². The highest BCUT2D eigenvalue weighted by Crippen LogP contribution is 2.27. The molecule has 2 heterocycles. The Balaban J connectivity index is 1.37. The van der Waals surface area contributed by atoms with Crippen LogP contribution in [-0.4, -0.2) is 85.7 Å². The molecular formula is C21H30N4O4S. The normalized spacial score (nSPS) is 23.9. The first-order valence-corrected chi connectivity index (χ1v) is 12.3. The highest BCUT2D eigenvalue weighted by atomic mass is 32.2. The minimum atomic E-state index is -3.70. The Morgan fingerprint density at radius 3 is 2.30 bits per heavy atom. The second-order valence-electron chi connectivity index (χ2n) is 8.38. The van der Waals surface area contributed by atoms with Crippen molar-refractivity contribution >= 4 is 21.8 Å². The quantitative estimate of drug-likeness (QED) is 0.710. The van der Waals surface area contributed by atoms with Gasteiger partial charge in [0.2, 0.25) is 21.8 Å². The lowest BCUT2D eigenvalue weighted by molar-refractivity contribution is -0.138. The van der Waals surface area contributed by atoms with Gasteiger partial charge in [-0.3, -0.25) is 14.5 Å². The van der Waals surface area contributed by atoms with Gasteiger partial charge in [0, 0.05) is 38.8 Å². The molecule has 4 rings (SSSR count). The Morgan fingerprint density at radius 2 is 1.63 bits per heavy atom. The summed E-state index contributed by atoms with van der Waals surface area (Å²) in [5.74, 6) is -0.0685.